The van der Waals surface area contributed by atoms with Crippen LogP contribution in [-0.4, -0.2) is 31.6 Å². The molecule has 0 amide bonds. The van der Waals surface area contributed by atoms with Crippen LogP contribution in [0.15, 0.2) is 97.1 Å². The summed E-state index contributed by atoms with van der Waals surface area (Å²) in [5.41, 5.74) is 4.91. The van der Waals surface area contributed by atoms with E-state index in [1.807, 2.05) is 91.0 Å². The van der Waals surface area contributed by atoms with Gasteiger partial charge in [0.1, 0.15) is 6.10 Å². The Kier molecular flexibility index (Phi) is 7.07. The summed E-state index contributed by atoms with van der Waals surface area (Å²) in [4.78, 5) is 18.8. The summed E-state index contributed by atoms with van der Waals surface area (Å²) in [6, 6.07) is 30.8. The van der Waals surface area contributed by atoms with E-state index >= 15 is 0 Å². The van der Waals surface area contributed by atoms with Gasteiger partial charge < -0.3 is 10.4 Å². The first-order valence-electron chi connectivity index (χ1n) is 12.5. The molecule has 0 fully saturated rings. The molecule has 2 N–H and O–H groups in total. The van der Waals surface area contributed by atoms with Crippen molar-refractivity contribution in [2.45, 2.75) is 12.5 Å². The second kappa shape index (κ2) is 10.9. The summed E-state index contributed by atoms with van der Waals surface area (Å²) in [5.74, 6) is 0.819. The molecular weight excluding hydrogens is 529 g/mol. The Morgan fingerprint density at radius 1 is 0.641 bits per heavy atom. The highest BCUT2D eigenvalue weighted by atomic mass is 35.5. The van der Waals surface area contributed by atoms with Gasteiger partial charge in [-0.1, -0.05) is 83.9 Å². The monoisotopic (exact) mass is 551 g/mol. The number of halogens is 2. The van der Waals surface area contributed by atoms with E-state index in [4.69, 9.17) is 33.2 Å². The van der Waals surface area contributed by atoms with Crippen molar-refractivity contribution in [3.05, 3.63) is 113 Å². The first-order chi connectivity index (χ1) is 19.0. The van der Waals surface area contributed by atoms with Crippen LogP contribution in [0.3, 0.4) is 0 Å². The molecule has 6 aromatic rings. The average Bonchev–Trinajstić information content (AvgIpc) is 2.97. The molecule has 0 spiro atoms. The molecule has 6 nitrogen and oxygen atoms in total. The van der Waals surface area contributed by atoms with E-state index in [9.17, 15) is 5.11 Å². The molecule has 192 valence electrons. The fraction of sp³-hybridized carbons (Fsp3) is 0.0968. The van der Waals surface area contributed by atoms with E-state index in [-0.39, 0.29) is 0 Å². The standard InChI is InChI=1S/C31H23Cl2N5O/c32-21-11-13-25-23(17-21)28(19-7-3-1-4-8-19)37-30(35-25)27(39)15-16-34-31-36-26-14-12-22(33)18-24(26)29(38-31)20-9-5-2-6-10-20/h1-14,17-18,27,39H,15-16H2,(H,34,36,38). The van der Waals surface area contributed by atoms with Crippen molar-refractivity contribution in [2.24, 2.45) is 0 Å². The van der Waals surface area contributed by atoms with E-state index in [0.29, 0.717) is 34.8 Å². The van der Waals surface area contributed by atoms with Crippen LogP contribution in [0.4, 0.5) is 5.95 Å². The molecule has 8 heteroatoms. The van der Waals surface area contributed by atoms with Crippen LogP contribution in [-0.2, 0) is 0 Å². The summed E-state index contributed by atoms with van der Waals surface area (Å²) >= 11 is 12.5. The Morgan fingerprint density at radius 3 is 1.77 bits per heavy atom. The van der Waals surface area contributed by atoms with Gasteiger partial charge in [-0.05, 0) is 42.8 Å². The summed E-state index contributed by atoms with van der Waals surface area (Å²) in [7, 11) is 0. The molecular formula is C31H23Cl2N5O. The van der Waals surface area contributed by atoms with Gasteiger partial charge in [-0.15, -0.1) is 0 Å². The minimum atomic E-state index is -0.895. The van der Waals surface area contributed by atoms with Gasteiger partial charge in [-0.3, -0.25) is 0 Å². The van der Waals surface area contributed by atoms with Crippen LogP contribution in [0, 0.1) is 0 Å². The topological polar surface area (TPSA) is 83.8 Å². The van der Waals surface area contributed by atoms with Gasteiger partial charge in [0.05, 0.1) is 22.4 Å². The Morgan fingerprint density at radius 2 is 1.18 bits per heavy atom. The van der Waals surface area contributed by atoms with E-state index in [1.54, 1.807) is 6.07 Å². The number of hydrogen-bond acceptors (Lipinski definition) is 6. The van der Waals surface area contributed by atoms with Crippen molar-refractivity contribution in [1.82, 2.24) is 19.9 Å². The zero-order chi connectivity index (χ0) is 26.8. The van der Waals surface area contributed by atoms with E-state index < -0.39 is 6.10 Å². The minimum Gasteiger partial charge on any atom is -0.385 e. The zero-order valence-electron chi connectivity index (χ0n) is 20.7. The normalized spacial score (nSPS) is 12.1. The van der Waals surface area contributed by atoms with Crippen molar-refractivity contribution < 1.29 is 5.11 Å². The Hall–Kier alpha value is -4.10. The second-order valence-corrected chi connectivity index (χ2v) is 9.99. The quantitative estimate of drug-likeness (QED) is 0.211. The highest BCUT2D eigenvalue weighted by molar-refractivity contribution is 6.31. The van der Waals surface area contributed by atoms with Gasteiger partial charge in [0.15, 0.2) is 5.82 Å². The Bertz CT molecular complexity index is 1780. The number of hydrogen-bond donors (Lipinski definition) is 2. The number of fused-ring (bicyclic) bond motifs is 2. The van der Waals surface area contributed by atoms with Gasteiger partial charge in [0, 0.05) is 38.5 Å². The number of benzene rings is 4. The molecule has 2 aromatic heterocycles. The van der Waals surface area contributed by atoms with E-state index in [0.717, 1.165) is 44.3 Å². The lowest BCUT2D eigenvalue weighted by Crippen LogP contribution is -2.13. The van der Waals surface area contributed by atoms with E-state index in [1.165, 1.54) is 0 Å². The van der Waals surface area contributed by atoms with Crippen LogP contribution >= 0.6 is 23.2 Å². The molecule has 0 aliphatic heterocycles. The van der Waals surface area contributed by atoms with Crippen molar-refractivity contribution in [3.8, 4) is 22.5 Å². The highest BCUT2D eigenvalue weighted by Crippen LogP contribution is 2.31. The SMILES string of the molecule is OC(CCNc1nc(-c2ccccc2)c2cc(Cl)ccc2n1)c1nc(-c2ccccc2)c2cc(Cl)ccc2n1. The van der Waals surface area contributed by atoms with E-state index in [2.05, 4.69) is 15.3 Å². The fourth-order valence-electron chi connectivity index (χ4n) is 4.53. The predicted molar refractivity (Wildman–Crippen MR) is 158 cm³/mol. The van der Waals surface area contributed by atoms with Crippen LogP contribution in [0.2, 0.25) is 10.0 Å². The maximum Gasteiger partial charge on any atom is 0.223 e. The summed E-state index contributed by atoms with van der Waals surface area (Å²) in [6.07, 6.45) is -0.538. The van der Waals surface area contributed by atoms with Crippen molar-refractivity contribution in [3.63, 3.8) is 0 Å². The molecule has 0 saturated carbocycles. The lowest BCUT2D eigenvalue weighted by Gasteiger charge is -2.15. The number of aliphatic hydroxyl groups is 1. The van der Waals surface area contributed by atoms with Crippen LogP contribution in [0.5, 0.6) is 0 Å². The fourth-order valence-corrected chi connectivity index (χ4v) is 4.87. The molecule has 0 radical (unpaired) electrons. The minimum absolute atomic E-state index is 0.351. The molecule has 39 heavy (non-hydrogen) atoms. The van der Waals surface area contributed by atoms with Crippen molar-refractivity contribution >= 4 is 51.0 Å². The van der Waals surface area contributed by atoms with Gasteiger partial charge in [0.2, 0.25) is 5.95 Å². The van der Waals surface area contributed by atoms with Gasteiger partial charge in [-0.2, -0.15) is 0 Å². The molecule has 0 saturated heterocycles. The lowest BCUT2D eigenvalue weighted by atomic mass is 10.1. The second-order valence-electron chi connectivity index (χ2n) is 9.11. The maximum atomic E-state index is 11.1. The molecule has 6 rings (SSSR count). The number of aliphatic hydroxyl groups excluding tert-OH is 1. The number of aromatic nitrogens is 4. The molecule has 0 bridgehead atoms. The number of nitrogens with zero attached hydrogens (tertiary/aromatic N) is 4. The molecule has 2 heterocycles. The molecule has 0 aliphatic rings. The third kappa shape index (κ3) is 5.40. The third-order valence-corrected chi connectivity index (χ3v) is 6.90. The highest BCUT2D eigenvalue weighted by Gasteiger charge is 2.17. The molecule has 1 atom stereocenters. The molecule has 4 aromatic carbocycles. The molecule has 0 aliphatic carbocycles. The zero-order valence-corrected chi connectivity index (χ0v) is 22.2. The molecule has 1 unspecified atom stereocenters. The van der Waals surface area contributed by atoms with Crippen LogP contribution < -0.4 is 5.32 Å². The van der Waals surface area contributed by atoms with Gasteiger partial charge in [0.25, 0.3) is 0 Å². The van der Waals surface area contributed by atoms with Crippen molar-refractivity contribution in [2.75, 3.05) is 11.9 Å². The Labute approximate surface area is 235 Å². The van der Waals surface area contributed by atoms with Crippen molar-refractivity contribution in [1.29, 1.82) is 0 Å². The average molecular weight is 552 g/mol. The number of anilines is 1. The van der Waals surface area contributed by atoms with Crippen LogP contribution in [0.25, 0.3) is 44.3 Å². The summed E-state index contributed by atoms with van der Waals surface area (Å²) in [6.45, 7) is 0.414. The summed E-state index contributed by atoms with van der Waals surface area (Å²) in [5, 5.41) is 17.3. The third-order valence-electron chi connectivity index (χ3n) is 6.43. The number of nitrogens with one attached hydrogen (secondary N) is 1. The number of rotatable bonds is 7. The lowest BCUT2D eigenvalue weighted by molar-refractivity contribution is 0.162. The Balaban J connectivity index is 1.27. The first-order valence-corrected chi connectivity index (χ1v) is 13.3. The van der Waals surface area contributed by atoms with Gasteiger partial charge >= 0.3 is 0 Å². The summed E-state index contributed by atoms with van der Waals surface area (Å²) < 4.78 is 0. The largest absolute Gasteiger partial charge is 0.385 e. The predicted octanol–water partition coefficient (Wildman–Crippen LogP) is 7.75. The van der Waals surface area contributed by atoms with Crippen LogP contribution in [0.1, 0.15) is 18.3 Å². The first kappa shape index (κ1) is 25.2. The van der Waals surface area contributed by atoms with Gasteiger partial charge in [-0.25, -0.2) is 19.9 Å². The smallest absolute Gasteiger partial charge is 0.223 e. The maximum absolute atomic E-state index is 11.1.